The van der Waals surface area contributed by atoms with Gasteiger partial charge < -0.3 is 10.3 Å². The lowest BCUT2D eigenvalue weighted by Gasteiger charge is -2.09. The second kappa shape index (κ2) is 6.76. The molecule has 26 heavy (non-hydrogen) atoms. The first-order valence-corrected chi connectivity index (χ1v) is 8.34. The van der Waals surface area contributed by atoms with Gasteiger partial charge in [-0.05, 0) is 37.3 Å². The quantitative estimate of drug-likeness (QED) is 0.556. The molecular formula is C20H17N5O. The number of nitrogens with one attached hydrogen (secondary N) is 2. The number of carbonyl (C=O) groups excluding carboxylic acids is 1. The number of nitrogens with zero attached hydrogens (tertiary/aromatic N) is 3. The van der Waals surface area contributed by atoms with Crippen molar-refractivity contribution in [3.05, 3.63) is 72.3 Å². The lowest BCUT2D eigenvalue weighted by atomic mass is 10.3. The molecule has 2 aromatic carbocycles. The maximum atomic E-state index is 12.2. The highest BCUT2D eigenvalue weighted by Gasteiger charge is 2.12. The van der Waals surface area contributed by atoms with Gasteiger partial charge >= 0.3 is 0 Å². The number of carbonyl (C=O) groups is 1. The van der Waals surface area contributed by atoms with Crippen LogP contribution in [-0.4, -0.2) is 25.8 Å². The van der Waals surface area contributed by atoms with E-state index in [1.54, 1.807) is 12.3 Å². The molecule has 4 rings (SSSR count). The SMILES string of the molecule is CC(NC(=O)/C=C/c1cnc2ccccc2n1)c1nc2ccccc2[nH]1. The molecule has 4 aromatic rings. The molecule has 0 aliphatic carbocycles. The summed E-state index contributed by atoms with van der Waals surface area (Å²) in [7, 11) is 0. The van der Waals surface area contributed by atoms with Crippen molar-refractivity contribution in [2.45, 2.75) is 13.0 Å². The zero-order valence-corrected chi connectivity index (χ0v) is 14.2. The second-order valence-corrected chi connectivity index (χ2v) is 5.99. The Labute approximate surface area is 150 Å². The first kappa shape index (κ1) is 16.0. The average molecular weight is 343 g/mol. The lowest BCUT2D eigenvalue weighted by Crippen LogP contribution is -2.25. The molecule has 0 saturated carbocycles. The van der Waals surface area contributed by atoms with Crippen molar-refractivity contribution < 1.29 is 4.79 Å². The highest BCUT2D eigenvalue weighted by molar-refractivity contribution is 5.92. The monoisotopic (exact) mass is 343 g/mol. The molecule has 6 heteroatoms. The number of aromatic amines is 1. The van der Waals surface area contributed by atoms with Crippen LogP contribution in [0.1, 0.15) is 24.5 Å². The number of para-hydroxylation sites is 4. The molecule has 0 aliphatic heterocycles. The van der Waals surface area contributed by atoms with Gasteiger partial charge in [0.05, 0.1) is 40.0 Å². The number of rotatable bonds is 4. The average Bonchev–Trinajstić information content (AvgIpc) is 3.10. The Balaban J connectivity index is 1.45. The van der Waals surface area contributed by atoms with E-state index in [4.69, 9.17) is 0 Å². The molecule has 0 aliphatic rings. The topological polar surface area (TPSA) is 83.6 Å². The van der Waals surface area contributed by atoms with Gasteiger partial charge in [-0.1, -0.05) is 24.3 Å². The zero-order valence-electron chi connectivity index (χ0n) is 14.2. The van der Waals surface area contributed by atoms with Crippen molar-refractivity contribution in [2.75, 3.05) is 0 Å². The molecule has 2 N–H and O–H groups in total. The molecule has 1 amide bonds. The first-order valence-electron chi connectivity index (χ1n) is 8.34. The van der Waals surface area contributed by atoms with Crippen LogP contribution in [0.25, 0.3) is 28.1 Å². The minimum atomic E-state index is -0.234. The van der Waals surface area contributed by atoms with Crippen LogP contribution in [0.3, 0.4) is 0 Å². The second-order valence-electron chi connectivity index (χ2n) is 5.99. The number of H-pyrrole nitrogens is 1. The van der Waals surface area contributed by atoms with Crippen LogP contribution in [0.4, 0.5) is 0 Å². The maximum Gasteiger partial charge on any atom is 0.244 e. The van der Waals surface area contributed by atoms with E-state index in [-0.39, 0.29) is 11.9 Å². The van der Waals surface area contributed by atoms with Crippen LogP contribution in [0.5, 0.6) is 0 Å². The highest BCUT2D eigenvalue weighted by atomic mass is 16.1. The highest BCUT2D eigenvalue weighted by Crippen LogP contribution is 2.15. The fourth-order valence-corrected chi connectivity index (χ4v) is 2.72. The van der Waals surface area contributed by atoms with Gasteiger partial charge in [-0.25, -0.2) is 9.97 Å². The molecule has 0 saturated heterocycles. The summed E-state index contributed by atoms with van der Waals surface area (Å²) in [5, 5.41) is 2.90. The van der Waals surface area contributed by atoms with Crippen LogP contribution in [0.2, 0.25) is 0 Å². The fraction of sp³-hybridized carbons (Fsp3) is 0.100. The lowest BCUT2D eigenvalue weighted by molar-refractivity contribution is -0.117. The van der Waals surface area contributed by atoms with E-state index >= 15 is 0 Å². The van der Waals surface area contributed by atoms with Gasteiger partial charge in [0.25, 0.3) is 0 Å². The van der Waals surface area contributed by atoms with E-state index in [9.17, 15) is 4.79 Å². The van der Waals surface area contributed by atoms with Crippen LogP contribution in [0.15, 0.2) is 60.8 Å². The summed E-state index contributed by atoms with van der Waals surface area (Å²) in [6, 6.07) is 15.2. The number of hydrogen-bond donors (Lipinski definition) is 2. The molecule has 0 bridgehead atoms. The van der Waals surface area contributed by atoms with Crippen LogP contribution < -0.4 is 5.32 Å². The molecule has 6 nitrogen and oxygen atoms in total. The summed E-state index contributed by atoms with van der Waals surface area (Å²) in [4.78, 5) is 28.7. The molecular weight excluding hydrogens is 326 g/mol. The molecule has 2 heterocycles. The summed E-state index contributed by atoms with van der Waals surface area (Å²) in [6.45, 7) is 1.89. The van der Waals surface area contributed by atoms with Gasteiger partial charge in [0.2, 0.25) is 5.91 Å². The Kier molecular flexibility index (Phi) is 4.15. The minimum absolute atomic E-state index is 0.215. The molecule has 0 radical (unpaired) electrons. The largest absolute Gasteiger partial charge is 0.343 e. The van der Waals surface area contributed by atoms with Crippen molar-refractivity contribution in [3.8, 4) is 0 Å². The van der Waals surface area contributed by atoms with E-state index < -0.39 is 0 Å². The number of imidazole rings is 1. The van der Waals surface area contributed by atoms with Gasteiger partial charge in [0, 0.05) is 6.08 Å². The molecule has 1 atom stereocenters. The standard InChI is InChI=1S/C20H17N5O/c1-13(20-24-17-8-4-5-9-18(17)25-20)22-19(26)11-10-14-12-21-15-6-2-3-7-16(15)23-14/h2-13H,1H3,(H,22,26)(H,24,25)/b11-10+. The Hall–Kier alpha value is -3.54. The normalized spacial score (nSPS) is 12.7. The van der Waals surface area contributed by atoms with Crippen LogP contribution in [0, 0.1) is 0 Å². The fourth-order valence-electron chi connectivity index (χ4n) is 2.72. The van der Waals surface area contributed by atoms with E-state index in [0.29, 0.717) is 5.69 Å². The number of fused-ring (bicyclic) bond motifs is 2. The van der Waals surface area contributed by atoms with Gasteiger partial charge in [-0.2, -0.15) is 0 Å². The molecule has 0 fully saturated rings. The van der Waals surface area contributed by atoms with Crippen molar-refractivity contribution >= 4 is 34.1 Å². The smallest absolute Gasteiger partial charge is 0.244 e. The van der Waals surface area contributed by atoms with Crippen LogP contribution >= 0.6 is 0 Å². The van der Waals surface area contributed by atoms with E-state index in [1.807, 2.05) is 55.5 Å². The summed E-state index contributed by atoms with van der Waals surface area (Å²) in [5.41, 5.74) is 4.09. The van der Waals surface area contributed by atoms with Crippen molar-refractivity contribution in [2.24, 2.45) is 0 Å². The zero-order chi connectivity index (χ0) is 17.9. The number of benzene rings is 2. The van der Waals surface area contributed by atoms with Gasteiger partial charge in [-0.15, -0.1) is 0 Å². The summed E-state index contributed by atoms with van der Waals surface area (Å²) in [5.74, 6) is 0.506. The Morgan fingerprint density at radius 3 is 2.58 bits per heavy atom. The third kappa shape index (κ3) is 3.30. The molecule has 1 unspecified atom stereocenters. The van der Waals surface area contributed by atoms with Gasteiger partial charge in [0.15, 0.2) is 0 Å². The first-order chi connectivity index (χ1) is 12.7. The molecule has 128 valence electrons. The number of hydrogen-bond acceptors (Lipinski definition) is 4. The van der Waals surface area contributed by atoms with Crippen LogP contribution in [-0.2, 0) is 4.79 Å². The van der Waals surface area contributed by atoms with E-state index in [1.165, 1.54) is 6.08 Å². The summed E-state index contributed by atoms with van der Waals surface area (Å²) < 4.78 is 0. The number of aromatic nitrogens is 4. The van der Waals surface area contributed by atoms with Crippen molar-refractivity contribution in [1.29, 1.82) is 0 Å². The molecule has 2 aromatic heterocycles. The third-order valence-corrected chi connectivity index (χ3v) is 4.05. The third-order valence-electron chi connectivity index (χ3n) is 4.05. The Bertz CT molecular complexity index is 1080. The summed E-state index contributed by atoms with van der Waals surface area (Å²) >= 11 is 0. The predicted octanol–water partition coefficient (Wildman–Crippen LogP) is 3.40. The Morgan fingerprint density at radius 2 is 1.77 bits per heavy atom. The number of amides is 1. The van der Waals surface area contributed by atoms with Gasteiger partial charge in [0.1, 0.15) is 5.82 Å². The Morgan fingerprint density at radius 1 is 1.04 bits per heavy atom. The van der Waals surface area contributed by atoms with E-state index in [0.717, 1.165) is 27.9 Å². The minimum Gasteiger partial charge on any atom is -0.343 e. The predicted molar refractivity (Wildman–Crippen MR) is 101 cm³/mol. The van der Waals surface area contributed by atoms with Crippen molar-refractivity contribution in [1.82, 2.24) is 25.3 Å². The maximum absolute atomic E-state index is 12.2. The van der Waals surface area contributed by atoms with Crippen molar-refractivity contribution in [3.63, 3.8) is 0 Å². The summed E-state index contributed by atoms with van der Waals surface area (Å²) in [6.07, 6.45) is 4.76. The van der Waals surface area contributed by atoms with E-state index in [2.05, 4.69) is 25.3 Å². The molecule has 0 spiro atoms. The van der Waals surface area contributed by atoms with Gasteiger partial charge in [-0.3, -0.25) is 9.78 Å².